The second-order valence-corrected chi connectivity index (χ2v) is 7.95. The lowest BCUT2D eigenvalue weighted by Crippen LogP contribution is -2.36. The Morgan fingerprint density at radius 3 is 2.09 bits per heavy atom. The van der Waals surface area contributed by atoms with E-state index >= 15 is 0 Å². The highest BCUT2D eigenvalue weighted by molar-refractivity contribution is 5.33. The average Bonchev–Trinajstić information content (AvgIpc) is 2.76. The Balaban J connectivity index is 2.01. The minimum absolute atomic E-state index is 0.190. The molecule has 0 bridgehead atoms. The van der Waals surface area contributed by atoms with Gasteiger partial charge in [0.2, 0.25) is 0 Å². The fourth-order valence-corrected chi connectivity index (χ4v) is 3.78. The summed E-state index contributed by atoms with van der Waals surface area (Å²) in [7, 11) is 0. The van der Waals surface area contributed by atoms with Crippen LogP contribution in [0.15, 0.2) is 42.5 Å². The van der Waals surface area contributed by atoms with Gasteiger partial charge < -0.3 is 14.9 Å². The third-order valence-electron chi connectivity index (χ3n) is 5.67. The highest BCUT2D eigenvalue weighted by Gasteiger charge is 2.55. The van der Waals surface area contributed by atoms with Gasteiger partial charge in [0.1, 0.15) is 12.4 Å². The average molecular weight is 478 g/mol. The van der Waals surface area contributed by atoms with Crippen molar-refractivity contribution in [3.05, 3.63) is 64.7 Å². The zero-order chi connectivity index (χ0) is 24.6. The number of aliphatic hydroxyl groups is 2. The molecular weight excluding hydrogens is 450 g/mol. The summed E-state index contributed by atoms with van der Waals surface area (Å²) < 4.78 is 82.3. The maximum atomic E-state index is 12.8. The predicted molar refractivity (Wildman–Crippen MR) is 112 cm³/mol. The molecule has 0 aliphatic carbocycles. The van der Waals surface area contributed by atoms with E-state index in [0.29, 0.717) is 23.3 Å². The van der Waals surface area contributed by atoms with Crippen LogP contribution in [0.25, 0.3) is 0 Å². The van der Waals surface area contributed by atoms with Crippen LogP contribution >= 0.6 is 0 Å². The van der Waals surface area contributed by atoms with Crippen LogP contribution in [-0.4, -0.2) is 22.6 Å². The molecule has 0 saturated heterocycles. The first-order valence-corrected chi connectivity index (χ1v) is 10.7. The summed E-state index contributed by atoms with van der Waals surface area (Å²) in [6.07, 6.45) is -11.0. The van der Waals surface area contributed by atoms with Crippen LogP contribution in [0.2, 0.25) is 0 Å². The van der Waals surface area contributed by atoms with Gasteiger partial charge >= 0.3 is 12.4 Å². The van der Waals surface area contributed by atoms with Gasteiger partial charge in [0.15, 0.2) is 5.92 Å². The summed E-state index contributed by atoms with van der Waals surface area (Å²) in [5, 5.41) is 18.7. The fourth-order valence-electron chi connectivity index (χ4n) is 3.78. The number of aliphatic hydroxyl groups excluding tert-OH is 2. The molecule has 2 rings (SSSR count). The predicted octanol–water partition coefficient (Wildman–Crippen LogP) is 6.65. The molecule has 3 nitrogen and oxygen atoms in total. The zero-order valence-corrected chi connectivity index (χ0v) is 18.2. The molecule has 0 radical (unpaired) electrons. The third-order valence-corrected chi connectivity index (χ3v) is 5.67. The molecule has 0 fully saturated rings. The Labute approximate surface area is 189 Å². The van der Waals surface area contributed by atoms with E-state index in [2.05, 4.69) is 0 Å². The molecule has 2 aromatic carbocycles. The van der Waals surface area contributed by atoms with Crippen molar-refractivity contribution < 1.29 is 41.3 Å². The van der Waals surface area contributed by atoms with Gasteiger partial charge in [-0.05, 0) is 65.6 Å². The zero-order valence-electron chi connectivity index (χ0n) is 18.2. The van der Waals surface area contributed by atoms with Crippen molar-refractivity contribution in [2.24, 2.45) is 5.92 Å². The molecule has 0 aliphatic rings. The quantitative estimate of drug-likeness (QED) is 0.355. The molecule has 0 aromatic heterocycles. The minimum Gasteiger partial charge on any atom is -0.489 e. The number of rotatable bonds is 11. The van der Waals surface area contributed by atoms with Crippen molar-refractivity contribution in [3.8, 4) is 5.75 Å². The lowest BCUT2D eigenvalue weighted by Gasteiger charge is -2.24. The van der Waals surface area contributed by atoms with Gasteiger partial charge in [0.25, 0.3) is 0 Å². The molecular formula is C24H28F6O3. The topological polar surface area (TPSA) is 49.7 Å². The fraction of sp³-hybridized carbons (Fsp3) is 0.500. The third kappa shape index (κ3) is 7.92. The van der Waals surface area contributed by atoms with Crippen LogP contribution < -0.4 is 4.74 Å². The molecule has 0 spiro atoms. The summed E-state index contributed by atoms with van der Waals surface area (Å²) in [5.41, 5.74) is 2.78. The van der Waals surface area contributed by atoms with Gasteiger partial charge in [-0.15, -0.1) is 0 Å². The second kappa shape index (κ2) is 11.7. The molecule has 184 valence electrons. The molecule has 1 atom stereocenters. The molecule has 2 aromatic rings. The number of hydrogen-bond acceptors (Lipinski definition) is 3. The highest BCUT2D eigenvalue weighted by Crippen LogP contribution is 2.43. The highest BCUT2D eigenvalue weighted by atomic mass is 19.4. The van der Waals surface area contributed by atoms with E-state index < -0.39 is 24.7 Å². The van der Waals surface area contributed by atoms with E-state index in [1.807, 2.05) is 6.92 Å². The number of benzene rings is 2. The Kier molecular flexibility index (Phi) is 9.60. The first-order valence-electron chi connectivity index (χ1n) is 10.7. The number of alkyl halides is 6. The first kappa shape index (κ1) is 27.0. The molecule has 1 unspecified atom stereocenters. The van der Waals surface area contributed by atoms with Gasteiger partial charge in [-0.2, -0.15) is 26.3 Å². The maximum Gasteiger partial charge on any atom is 0.400 e. The summed E-state index contributed by atoms with van der Waals surface area (Å²) in [6.45, 7) is 1.62. The molecule has 33 heavy (non-hydrogen) atoms. The van der Waals surface area contributed by atoms with E-state index in [9.17, 15) is 36.6 Å². The van der Waals surface area contributed by atoms with Crippen molar-refractivity contribution in [1.82, 2.24) is 0 Å². The lowest BCUT2D eigenvalue weighted by molar-refractivity contribution is -0.285. The molecule has 9 heteroatoms. The smallest absolute Gasteiger partial charge is 0.400 e. The Morgan fingerprint density at radius 2 is 1.52 bits per heavy atom. The molecule has 2 N–H and O–H groups in total. The Morgan fingerprint density at radius 1 is 0.848 bits per heavy atom. The number of ether oxygens (including phenoxy) is 1. The summed E-state index contributed by atoms with van der Waals surface area (Å²) in [6, 6.07) is 12.2. The minimum atomic E-state index is -5.31. The maximum absolute atomic E-state index is 12.8. The normalized spacial score (nSPS) is 13.4. The van der Waals surface area contributed by atoms with E-state index in [4.69, 9.17) is 4.74 Å². The SMILES string of the molecule is CCC(CCCC(C(F)(F)F)C(F)(F)F)c1cccc(OCc2ccc(CO)c(CO)c2)c1. The van der Waals surface area contributed by atoms with Gasteiger partial charge in [-0.3, -0.25) is 0 Å². The van der Waals surface area contributed by atoms with Crippen molar-refractivity contribution >= 4 is 0 Å². The van der Waals surface area contributed by atoms with Crippen LogP contribution in [-0.2, 0) is 19.8 Å². The number of halogens is 6. The Bertz CT molecular complexity index is 865. The van der Waals surface area contributed by atoms with Crippen molar-refractivity contribution in [2.75, 3.05) is 0 Å². The van der Waals surface area contributed by atoms with E-state index in [-0.39, 0.29) is 38.6 Å². The van der Waals surface area contributed by atoms with Gasteiger partial charge in [0, 0.05) is 0 Å². The van der Waals surface area contributed by atoms with Crippen LogP contribution in [0.1, 0.15) is 60.8 Å². The molecule has 0 amide bonds. The van der Waals surface area contributed by atoms with Crippen LogP contribution in [0, 0.1) is 5.92 Å². The van der Waals surface area contributed by atoms with E-state index in [1.165, 1.54) is 0 Å². The largest absolute Gasteiger partial charge is 0.489 e. The first-order chi connectivity index (χ1) is 15.5. The van der Waals surface area contributed by atoms with Crippen molar-refractivity contribution in [3.63, 3.8) is 0 Å². The standard InChI is InChI=1S/C24H28F6O3/c1-2-17(5-4-8-22(23(25,26)27)24(28,29)30)18-6-3-7-21(12-18)33-15-16-9-10-19(13-31)20(11-16)14-32/h3,6-7,9-12,17,22,31-32H,2,4-5,8,13-15H2,1H3. The van der Waals surface area contributed by atoms with Gasteiger partial charge in [-0.25, -0.2) is 0 Å². The number of hydrogen-bond donors (Lipinski definition) is 2. The summed E-state index contributed by atoms with van der Waals surface area (Å²) in [4.78, 5) is 0. The van der Waals surface area contributed by atoms with E-state index in [1.54, 1.807) is 42.5 Å². The lowest BCUT2D eigenvalue weighted by atomic mass is 9.89. The Hall–Kier alpha value is -2.26. The van der Waals surface area contributed by atoms with Crippen molar-refractivity contribution in [2.45, 2.75) is 70.7 Å². The molecule has 0 aliphatic heterocycles. The molecule has 0 heterocycles. The van der Waals surface area contributed by atoms with Crippen LogP contribution in [0.3, 0.4) is 0 Å². The van der Waals surface area contributed by atoms with Crippen LogP contribution in [0.4, 0.5) is 26.3 Å². The van der Waals surface area contributed by atoms with Gasteiger partial charge in [-0.1, -0.05) is 37.6 Å². The summed E-state index contributed by atoms with van der Waals surface area (Å²) in [5.74, 6) is -2.98. The van der Waals surface area contributed by atoms with E-state index in [0.717, 1.165) is 11.1 Å². The molecule has 0 saturated carbocycles. The van der Waals surface area contributed by atoms with Crippen LogP contribution in [0.5, 0.6) is 5.75 Å². The van der Waals surface area contributed by atoms with Gasteiger partial charge in [0.05, 0.1) is 13.2 Å². The summed E-state index contributed by atoms with van der Waals surface area (Å²) >= 11 is 0. The van der Waals surface area contributed by atoms with Crippen molar-refractivity contribution in [1.29, 1.82) is 0 Å². The second-order valence-electron chi connectivity index (χ2n) is 7.95. The monoisotopic (exact) mass is 478 g/mol.